The zero-order valence-corrected chi connectivity index (χ0v) is 18.1. The third-order valence-electron chi connectivity index (χ3n) is 6.12. The molecule has 0 unspecified atom stereocenters. The Hall–Kier alpha value is -3.35. The highest BCUT2D eigenvalue weighted by Gasteiger charge is 2.42. The molecule has 2 aromatic carbocycles. The van der Waals surface area contributed by atoms with Gasteiger partial charge in [0.2, 0.25) is 5.91 Å². The molecule has 168 valence electrons. The van der Waals surface area contributed by atoms with E-state index in [-0.39, 0.29) is 24.3 Å². The van der Waals surface area contributed by atoms with Crippen LogP contribution in [0.3, 0.4) is 0 Å². The van der Waals surface area contributed by atoms with Crippen LogP contribution in [-0.4, -0.2) is 59.3 Å². The van der Waals surface area contributed by atoms with E-state index in [2.05, 4.69) is 5.32 Å². The number of rotatable bonds is 7. The fraction of sp³-hybridized carbons (Fsp3) is 0.400. The Kier molecular flexibility index (Phi) is 7.04. The smallest absolute Gasteiger partial charge is 0.318 e. The van der Waals surface area contributed by atoms with Crippen molar-refractivity contribution < 1.29 is 19.1 Å². The summed E-state index contributed by atoms with van der Waals surface area (Å²) in [5.74, 6) is 0.402. The summed E-state index contributed by atoms with van der Waals surface area (Å²) in [5, 5.41) is 2.92. The Labute approximate surface area is 188 Å². The maximum atomic E-state index is 13.3. The fourth-order valence-electron chi connectivity index (χ4n) is 4.47. The molecule has 32 heavy (non-hydrogen) atoms. The second-order valence-electron chi connectivity index (χ2n) is 8.25. The van der Waals surface area contributed by atoms with E-state index in [1.165, 1.54) is 0 Å². The second kappa shape index (κ2) is 10.3. The Morgan fingerprint density at radius 1 is 0.844 bits per heavy atom. The Balaban J connectivity index is 1.35. The number of carbonyl (C=O) groups excluding carboxylic acids is 3. The normalized spacial score (nSPS) is 20.2. The summed E-state index contributed by atoms with van der Waals surface area (Å²) in [6, 6.07) is 17.6. The van der Waals surface area contributed by atoms with Crippen LogP contribution in [0, 0.1) is 0 Å². The van der Waals surface area contributed by atoms with Gasteiger partial charge in [0.25, 0.3) is 0 Å². The van der Waals surface area contributed by atoms with E-state index in [9.17, 15) is 14.4 Å². The molecule has 0 radical (unpaired) electrons. The molecular formula is C25H29N3O4. The maximum Gasteiger partial charge on any atom is 0.318 e. The third kappa shape index (κ3) is 5.10. The summed E-state index contributed by atoms with van der Waals surface area (Å²) in [4.78, 5) is 42.2. The number of benzene rings is 2. The number of ketones is 1. The molecule has 0 aliphatic carbocycles. The number of nitrogens with one attached hydrogen (secondary N) is 1. The number of carbonyl (C=O) groups is 3. The molecule has 1 N–H and O–H groups in total. The Morgan fingerprint density at radius 2 is 1.47 bits per heavy atom. The minimum atomic E-state index is -0.519. The molecule has 2 fully saturated rings. The van der Waals surface area contributed by atoms with E-state index in [0.29, 0.717) is 38.2 Å². The molecular weight excluding hydrogens is 406 g/mol. The van der Waals surface area contributed by atoms with Crippen molar-refractivity contribution in [3.05, 3.63) is 66.2 Å². The number of nitrogens with zero attached hydrogens (tertiary/aromatic N) is 2. The first-order chi connectivity index (χ1) is 15.6. The van der Waals surface area contributed by atoms with Crippen molar-refractivity contribution in [3.8, 4) is 5.75 Å². The van der Waals surface area contributed by atoms with Gasteiger partial charge in [0, 0.05) is 19.6 Å². The van der Waals surface area contributed by atoms with Crippen molar-refractivity contribution in [1.29, 1.82) is 0 Å². The minimum absolute atomic E-state index is 0.0651. The lowest BCUT2D eigenvalue weighted by Gasteiger charge is -2.31. The lowest BCUT2D eigenvalue weighted by Crippen LogP contribution is -2.53. The van der Waals surface area contributed by atoms with Gasteiger partial charge in [-0.3, -0.25) is 9.59 Å². The lowest BCUT2D eigenvalue weighted by atomic mass is 10.1. The summed E-state index contributed by atoms with van der Waals surface area (Å²) in [5.41, 5.74) is 1.01. The van der Waals surface area contributed by atoms with Crippen molar-refractivity contribution in [2.75, 3.05) is 19.7 Å². The van der Waals surface area contributed by atoms with Crippen LogP contribution < -0.4 is 10.1 Å². The molecule has 0 bridgehead atoms. The van der Waals surface area contributed by atoms with E-state index in [1.807, 2.05) is 48.5 Å². The molecule has 2 aliphatic heterocycles. The van der Waals surface area contributed by atoms with Crippen LogP contribution in [0.4, 0.5) is 4.79 Å². The van der Waals surface area contributed by atoms with Gasteiger partial charge in [-0.25, -0.2) is 4.79 Å². The van der Waals surface area contributed by atoms with E-state index in [4.69, 9.17) is 4.74 Å². The van der Waals surface area contributed by atoms with Gasteiger partial charge in [-0.2, -0.15) is 0 Å². The molecule has 4 rings (SSSR count). The van der Waals surface area contributed by atoms with Gasteiger partial charge in [-0.15, -0.1) is 0 Å². The van der Waals surface area contributed by atoms with Gasteiger partial charge in [0.1, 0.15) is 18.4 Å². The molecule has 0 spiro atoms. The molecule has 2 aromatic rings. The van der Waals surface area contributed by atoms with Crippen LogP contribution in [0.25, 0.3) is 0 Å². The maximum absolute atomic E-state index is 13.3. The second-order valence-corrected chi connectivity index (χ2v) is 8.25. The number of Topliss-reactive ketones (excluding diaryl/α,β-unsaturated/α-hetero) is 1. The average molecular weight is 436 g/mol. The van der Waals surface area contributed by atoms with E-state index >= 15 is 0 Å². The zero-order valence-electron chi connectivity index (χ0n) is 18.1. The number of para-hydroxylation sites is 1. The topological polar surface area (TPSA) is 79.0 Å². The quantitative estimate of drug-likeness (QED) is 0.725. The summed E-state index contributed by atoms with van der Waals surface area (Å²) in [6.45, 7) is 1.43. The number of likely N-dealkylation sites (tertiary alicyclic amines) is 2. The van der Waals surface area contributed by atoms with Crippen LogP contribution >= 0.6 is 0 Å². The SMILES string of the molecule is O=C(COc1ccccc1)[C@@H]1CCCN1C(=O)[C@H]1CCCN1C(=O)NCc1ccccc1. The number of urea groups is 1. The fourth-order valence-corrected chi connectivity index (χ4v) is 4.47. The largest absolute Gasteiger partial charge is 0.486 e. The number of hydrogen-bond donors (Lipinski definition) is 1. The lowest BCUT2D eigenvalue weighted by molar-refractivity contribution is -0.141. The van der Waals surface area contributed by atoms with Crippen molar-refractivity contribution >= 4 is 17.7 Å². The van der Waals surface area contributed by atoms with Crippen LogP contribution in [0.5, 0.6) is 5.75 Å². The first-order valence-electron chi connectivity index (χ1n) is 11.2. The summed E-state index contributed by atoms with van der Waals surface area (Å²) >= 11 is 0. The van der Waals surface area contributed by atoms with Crippen LogP contribution in [0.15, 0.2) is 60.7 Å². The van der Waals surface area contributed by atoms with Crippen molar-refractivity contribution in [3.63, 3.8) is 0 Å². The van der Waals surface area contributed by atoms with Gasteiger partial charge in [-0.05, 0) is 43.4 Å². The molecule has 7 nitrogen and oxygen atoms in total. The van der Waals surface area contributed by atoms with Crippen molar-refractivity contribution in [2.45, 2.75) is 44.3 Å². The summed E-state index contributed by atoms with van der Waals surface area (Å²) < 4.78 is 5.61. The zero-order chi connectivity index (χ0) is 22.3. The van der Waals surface area contributed by atoms with Crippen LogP contribution in [0.1, 0.15) is 31.2 Å². The molecule has 0 saturated carbocycles. The van der Waals surface area contributed by atoms with Gasteiger partial charge < -0.3 is 19.9 Å². The molecule has 0 aromatic heterocycles. The summed E-state index contributed by atoms with van der Waals surface area (Å²) in [7, 11) is 0. The van der Waals surface area contributed by atoms with Gasteiger partial charge in [-0.1, -0.05) is 48.5 Å². The molecule has 3 amide bonds. The monoisotopic (exact) mass is 435 g/mol. The van der Waals surface area contributed by atoms with Crippen LogP contribution in [-0.2, 0) is 16.1 Å². The Bertz CT molecular complexity index is 859. The highest BCUT2D eigenvalue weighted by Crippen LogP contribution is 2.25. The van der Waals surface area contributed by atoms with E-state index < -0.39 is 12.1 Å². The molecule has 2 aliphatic rings. The summed E-state index contributed by atoms with van der Waals surface area (Å²) in [6.07, 6.45) is 2.81. The minimum Gasteiger partial charge on any atom is -0.486 e. The van der Waals surface area contributed by atoms with Gasteiger partial charge in [0.15, 0.2) is 5.78 Å². The number of ether oxygens (including phenoxy) is 1. The van der Waals surface area contributed by atoms with Crippen molar-refractivity contribution in [2.24, 2.45) is 0 Å². The van der Waals surface area contributed by atoms with Crippen molar-refractivity contribution in [1.82, 2.24) is 15.1 Å². The standard InChI is InChI=1S/C25H29N3O4/c29-23(18-32-20-11-5-2-6-12-20)21-13-7-15-27(21)24(30)22-14-8-16-28(22)25(31)26-17-19-9-3-1-4-10-19/h1-6,9-12,21-22H,7-8,13-18H2,(H,26,31)/t21-,22+/m0/s1. The number of hydrogen-bond acceptors (Lipinski definition) is 4. The van der Waals surface area contributed by atoms with E-state index in [0.717, 1.165) is 18.4 Å². The predicted molar refractivity (Wildman–Crippen MR) is 120 cm³/mol. The molecule has 2 atom stereocenters. The highest BCUT2D eigenvalue weighted by atomic mass is 16.5. The third-order valence-corrected chi connectivity index (χ3v) is 6.12. The number of amides is 3. The highest BCUT2D eigenvalue weighted by molar-refractivity contribution is 5.94. The first kappa shape index (κ1) is 21.9. The first-order valence-corrected chi connectivity index (χ1v) is 11.2. The van der Waals surface area contributed by atoms with Gasteiger partial charge in [0.05, 0.1) is 6.04 Å². The predicted octanol–water partition coefficient (Wildman–Crippen LogP) is 3.00. The van der Waals surface area contributed by atoms with Gasteiger partial charge >= 0.3 is 6.03 Å². The molecule has 7 heteroatoms. The Morgan fingerprint density at radius 3 is 2.19 bits per heavy atom. The van der Waals surface area contributed by atoms with E-state index in [1.54, 1.807) is 21.9 Å². The van der Waals surface area contributed by atoms with Crippen LogP contribution in [0.2, 0.25) is 0 Å². The molecule has 2 heterocycles. The average Bonchev–Trinajstić information content (AvgIpc) is 3.52. The molecule has 2 saturated heterocycles.